The third-order valence-electron chi connectivity index (χ3n) is 4.91. The van der Waals surface area contributed by atoms with Crippen LogP contribution < -0.4 is 5.32 Å². The van der Waals surface area contributed by atoms with Gasteiger partial charge in [-0.25, -0.2) is 4.79 Å². The largest absolute Gasteiger partial charge is 0.492 e. The van der Waals surface area contributed by atoms with Crippen molar-refractivity contribution in [1.82, 2.24) is 5.32 Å². The maximum Gasteiger partial charge on any atom is 0.492 e. The quantitative estimate of drug-likeness (QED) is 0.551. The molecule has 1 heterocycles. The highest BCUT2D eigenvalue weighted by molar-refractivity contribution is 6.56. The van der Waals surface area contributed by atoms with E-state index in [-0.39, 0.29) is 6.54 Å². The Bertz CT molecular complexity index is 798. The number of halogens is 1. The zero-order valence-corrected chi connectivity index (χ0v) is 18.8. The molecule has 0 saturated carbocycles. The van der Waals surface area contributed by atoms with Gasteiger partial charge in [0.25, 0.3) is 0 Å². The lowest BCUT2D eigenvalue weighted by atomic mass is 9.76. The number of carbonyl (C=O) groups is 2. The molecule has 0 aliphatic carbocycles. The summed E-state index contributed by atoms with van der Waals surface area (Å²) in [6, 6.07) is 5.03. The maximum absolute atomic E-state index is 12.1. The van der Waals surface area contributed by atoms with Gasteiger partial charge in [0.05, 0.1) is 11.2 Å². The summed E-state index contributed by atoms with van der Waals surface area (Å²) in [5.74, 6) is 0. The van der Waals surface area contributed by atoms with E-state index in [9.17, 15) is 9.59 Å². The molecule has 0 radical (unpaired) electrons. The van der Waals surface area contributed by atoms with Gasteiger partial charge in [0.1, 0.15) is 5.60 Å². The molecule has 29 heavy (non-hydrogen) atoms. The Hall–Kier alpha value is -1.83. The smallest absolute Gasteiger partial charge is 0.444 e. The average molecular weight is 422 g/mol. The van der Waals surface area contributed by atoms with E-state index in [2.05, 4.69) is 5.32 Å². The highest BCUT2D eigenvalue weighted by atomic mass is 35.5. The lowest BCUT2D eigenvalue weighted by Crippen LogP contribution is -2.41. The molecule has 0 aromatic heterocycles. The van der Waals surface area contributed by atoms with Crippen molar-refractivity contribution in [3.63, 3.8) is 0 Å². The third kappa shape index (κ3) is 6.08. The van der Waals surface area contributed by atoms with Crippen molar-refractivity contribution >= 4 is 37.2 Å². The zero-order valence-electron chi connectivity index (χ0n) is 18.1. The summed E-state index contributed by atoms with van der Waals surface area (Å²) >= 11 is 6.00. The first-order valence-electron chi connectivity index (χ1n) is 9.52. The van der Waals surface area contributed by atoms with Crippen LogP contribution in [0.4, 0.5) is 4.79 Å². The molecule has 0 spiro atoms. The standard InChI is InChI=1S/C21H29BClNO5/c1-19(2,3)27-18(26)24-12-16(22-28-20(4,5)21(6,7)29-22)10-14-8-9-17(23)11-15(14)13-25/h8-11,13H,12H2,1-7H3,(H,24,26). The van der Waals surface area contributed by atoms with Crippen molar-refractivity contribution in [1.29, 1.82) is 0 Å². The van der Waals surface area contributed by atoms with Crippen LogP contribution in [-0.4, -0.2) is 42.8 Å². The Morgan fingerprint density at radius 2 is 1.76 bits per heavy atom. The minimum atomic E-state index is -0.690. The summed E-state index contributed by atoms with van der Waals surface area (Å²) in [6.07, 6.45) is 1.96. The molecule has 1 aliphatic rings. The molecule has 0 atom stereocenters. The number of hydrogen-bond donors (Lipinski definition) is 1. The predicted molar refractivity (Wildman–Crippen MR) is 115 cm³/mol. The number of ether oxygens (including phenoxy) is 1. The van der Waals surface area contributed by atoms with Crippen LogP contribution in [-0.2, 0) is 14.0 Å². The van der Waals surface area contributed by atoms with Crippen LogP contribution in [0.15, 0.2) is 23.7 Å². The first-order valence-corrected chi connectivity index (χ1v) is 9.89. The molecule has 1 aromatic rings. The topological polar surface area (TPSA) is 73.9 Å². The summed E-state index contributed by atoms with van der Waals surface area (Å²) in [6.45, 7) is 13.3. The molecule has 1 fully saturated rings. The van der Waals surface area contributed by atoms with Gasteiger partial charge in [-0.15, -0.1) is 0 Å². The molecule has 1 saturated heterocycles. The molecule has 0 unspecified atom stereocenters. The molecule has 6 nitrogen and oxygen atoms in total. The number of amides is 1. The lowest BCUT2D eigenvalue weighted by Gasteiger charge is -2.32. The van der Waals surface area contributed by atoms with Gasteiger partial charge in [0.2, 0.25) is 0 Å². The highest BCUT2D eigenvalue weighted by Crippen LogP contribution is 2.38. The van der Waals surface area contributed by atoms with Crippen LogP contribution >= 0.6 is 11.6 Å². The number of alkyl carbamates (subject to hydrolysis) is 1. The van der Waals surface area contributed by atoms with Gasteiger partial charge >= 0.3 is 13.2 Å². The van der Waals surface area contributed by atoms with E-state index in [4.69, 9.17) is 25.6 Å². The van der Waals surface area contributed by atoms with E-state index < -0.39 is 30.0 Å². The Morgan fingerprint density at radius 1 is 1.17 bits per heavy atom. The van der Waals surface area contributed by atoms with Gasteiger partial charge in [0, 0.05) is 17.1 Å². The molecule has 158 valence electrons. The van der Waals surface area contributed by atoms with Crippen LogP contribution in [0, 0.1) is 0 Å². The third-order valence-corrected chi connectivity index (χ3v) is 5.14. The number of carbonyl (C=O) groups excluding carboxylic acids is 2. The fourth-order valence-corrected chi connectivity index (χ4v) is 2.84. The molecule has 8 heteroatoms. The van der Waals surface area contributed by atoms with Crippen LogP contribution in [0.25, 0.3) is 6.08 Å². The molecule has 0 bridgehead atoms. The van der Waals surface area contributed by atoms with Crippen molar-refractivity contribution in [2.75, 3.05) is 6.54 Å². The number of hydrogen-bond acceptors (Lipinski definition) is 5. The second-order valence-corrected chi connectivity index (χ2v) is 9.49. The Labute approximate surface area is 178 Å². The van der Waals surface area contributed by atoms with E-state index in [1.54, 1.807) is 45.0 Å². The highest BCUT2D eigenvalue weighted by Gasteiger charge is 2.52. The fourth-order valence-electron chi connectivity index (χ4n) is 2.66. The van der Waals surface area contributed by atoms with Crippen molar-refractivity contribution in [3.8, 4) is 0 Å². The van der Waals surface area contributed by atoms with E-state index in [1.165, 1.54) is 0 Å². The van der Waals surface area contributed by atoms with Crippen LogP contribution in [0.2, 0.25) is 5.02 Å². The zero-order chi connectivity index (χ0) is 22.0. The van der Waals surface area contributed by atoms with E-state index >= 15 is 0 Å². The van der Waals surface area contributed by atoms with Gasteiger partial charge in [-0.3, -0.25) is 4.79 Å². The van der Waals surface area contributed by atoms with Gasteiger partial charge in [0.15, 0.2) is 6.29 Å². The Morgan fingerprint density at radius 3 is 2.28 bits per heavy atom. The molecular weight excluding hydrogens is 392 g/mol. The van der Waals surface area contributed by atoms with Gasteiger partial charge < -0.3 is 19.4 Å². The minimum absolute atomic E-state index is 0.132. The average Bonchev–Trinajstić information content (AvgIpc) is 2.78. The molecular formula is C21H29BClNO5. The first kappa shape index (κ1) is 23.5. The van der Waals surface area contributed by atoms with Crippen molar-refractivity contribution in [3.05, 3.63) is 39.8 Å². The van der Waals surface area contributed by atoms with Gasteiger partial charge in [-0.2, -0.15) is 0 Å². The summed E-state index contributed by atoms with van der Waals surface area (Å²) in [5.41, 5.74) is 0.0368. The second kappa shape index (κ2) is 8.50. The number of benzene rings is 1. The second-order valence-electron chi connectivity index (χ2n) is 9.05. The summed E-state index contributed by atoms with van der Waals surface area (Å²) in [4.78, 5) is 23.6. The minimum Gasteiger partial charge on any atom is -0.444 e. The number of rotatable bonds is 5. The normalized spacial score (nSPS) is 18.5. The summed E-state index contributed by atoms with van der Waals surface area (Å²) < 4.78 is 17.6. The predicted octanol–water partition coefficient (Wildman–Crippen LogP) is 4.69. The molecule has 1 amide bonds. The van der Waals surface area contributed by atoms with Crippen molar-refractivity contribution < 1.29 is 23.6 Å². The van der Waals surface area contributed by atoms with Crippen molar-refractivity contribution in [2.24, 2.45) is 0 Å². The van der Waals surface area contributed by atoms with E-state index in [0.29, 0.717) is 21.6 Å². The maximum atomic E-state index is 12.1. The Kier molecular flexibility index (Phi) is 6.88. The Balaban J connectivity index is 2.34. The van der Waals surface area contributed by atoms with Crippen LogP contribution in [0.5, 0.6) is 0 Å². The van der Waals surface area contributed by atoms with Gasteiger partial charge in [-0.05, 0) is 71.6 Å². The van der Waals surface area contributed by atoms with Crippen LogP contribution in [0.1, 0.15) is 64.4 Å². The monoisotopic (exact) mass is 421 g/mol. The van der Waals surface area contributed by atoms with Crippen LogP contribution in [0.3, 0.4) is 0 Å². The fraction of sp³-hybridized carbons (Fsp3) is 0.524. The first-order chi connectivity index (χ1) is 13.2. The number of aldehydes is 1. The van der Waals surface area contributed by atoms with E-state index in [1.807, 2.05) is 27.7 Å². The van der Waals surface area contributed by atoms with Crippen molar-refractivity contribution in [2.45, 2.75) is 65.3 Å². The lowest BCUT2D eigenvalue weighted by molar-refractivity contribution is 0.00578. The SMILES string of the molecule is CC(C)(C)OC(=O)NCC(=Cc1ccc(Cl)cc1C=O)B1OC(C)(C)C(C)(C)O1. The molecule has 1 aliphatic heterocycles. The van der Waals surface area contributed by atoms with E-state index in [0.717, 1.165) is 6.29 Å². The summed E-state index contributed by atoms with van der Waals surface area (Å²) in [7, 11) is -0.690. The van der Waals surface area contributed by atoms with Gasteiger partial charge in [-0.1, -0.05) is 23.7 Å². The molecule has 1 aromatic carbocycles. The summed E-state index contributed by atoms with van der Waals surface area (Å²) in [5, 5.41) is 3.20. The number of nitrogens with one attached hydrogen (secondary N) is 1. The molecule has 1 N–H and O–H groups in total. The molecule has 2 rings (SSSR count).